The first kappa shape index (κ1) is 12.9. The third-order valence-corrected chi connectivity index (χ3v) is 4.51. The van der Waals surface area contributed by atoms with Crippen LogP contribution in [-0.2, 0) is 9.47 Å². The molecule has 0 aromatic rings. The summed E-state index contributed by atoms with van der Waals surface area (Å²) in [6.07, 6.45) is 6.07. The molecule has 2 saturated heterocycles. The summed E-state index contributed by atoms with van der Waals surface area (Å²) < 4.78 is 12.1. The van der Waals surface area contributed by atoms with E-state index in [0.717, 1.165) is 45.5 Å². The highest BCUT2D eigenvalue weighted by Crippen LogP contribution is 2.39. The molecular formula is C14H26N2O2. The third-order valence-electron chi connectivity index (χ3n) is 4.51. The van der Waals surface area contributed by atoms with E-state index in [0.29, 0.717) is 12.0 Å². The highest BCUT2D eigenvalue weighted by molar-refractivity contribution is 4.87. The van der Waals surface area contributed by atoms with E-state index < -0.39 is 0 Å². The highest BCUT2D eigenvalue weighted by atomic mass is 16.7. The number of rotatable bonds is 2. The molecule has 1 saturated carbocycles. The van der Waals surface area contributed by atoms with Crippen LogP contribution in [0.25, 0.3) is 0 Å². The largest absolute Gasteiger partial charge is 0.347 e. The van der Waals surface area contributed by atoms with Gasteiger partial charge in [0.25, 0.3) is 0 Å². The zero-order valence-corrected chi connectivity index (χ0v) is 11.4. The van der Waals surface area contributed by atoms with Crippen LogP contribution < -0.4 is 5.73 Å². The molecule has 104 valence electrons. The first-order valence-electron chi connectivity index (χ1n) is 7.45. The van der Waals surface area contributed by atoms with E-state index in [9.17, 15) is 0 Å². The first-order valence-corrected chi connectivity index (χ1v) is 7.45. The molecule has 1 spiro atoms. The van der Waals surface area contributed by atoms with Crippen LogP contribution in [0.4, 0.5) is 0 Å². The van der Waals surface area contributed by atoms with Crippen molar-refractivity contribution in [3.8, 4) is 0 Å². The molecule has 0 aromatic carbocycles. The van der Waals surface area contributed by atoms with Crippen LogP contribution in [0.15, 0.2) is 0 Å². The van der Waals surface area contributed by atoms with Gasteiger partial charge in [-0.2, -0.15) is 0 Å². The van der Waals surface area contributed by atoms with E-state index in [2.05, 4.69) is 11.8 Å². The minimum Gasteiger partial charge on any atom is -0.347 e. The molecule has 3 atom stereocenters. The van der Waals surface area contributed by atoms with Crippen molar-refractivity contribution >= 4 is 0 Å². The van der Waals surface area contributed by atoms with E-state index >= 15 is 0 Å². The summed E-state index contributed by atoms with van der Waals surface area (Å²) in [6, 6.07) is 0.330. The molecule has 4 nitrogen and oxygen atoms in total. The van der Waals surface area contributed by atoms with Gasteiger partial charge in [0.2, 0.25) is 0 Å². The van der Waals surface area contributed by atoms with E-state index in [4.69, 9.17) is 15.2 Å². The predicted octanol–water partition coefficient (Wildman–Crippen LogP) is 1.34. The Hall–Kier alpha value is -0.160. The van der Waals surface area contributed by atoms with Crippen molar-refractivity contribution < 1.29 is 9.47 Å². The molecule has 4 heteroatoms. The summed E-state index contributed by atoms with van der Waals surface area (Å²) in [5.41, 5.74) is 6.09. The monoisotopic (exact) mass is 254 g/mol. The first-order chi connectivity index (χ1) is 8.65. The summed E-state index contributed by atoms with van der Waals surface area (Å²) in [5, 5.41) is 0. The molecule has 0 bridgehead atoms. The van der Waals surface area contributed by atoms with Gasteiger partial charge in [-0.3, -0.25) is 4.90 Å². The zero-order chi connectivity index (χ0) is 12.6. The van der Waals surface area contributed by atoms with Crippen molar-refractivity contribution in [2.24, 2.45) is 11.7 Å². The molecule has 3 rings (SSSR count). The van der Waals surface area contributed by atoms with Crippen LogP contribution in [0.1, 0.15) is 39.0 Å². The molecule has 2 heterocycles. The van der Waals surface area contributed by atoms with Crippen LogP contribution in [0.2, 0.25) is 0 Å². The lowest BCUT2D eigenvalue weighted by Gasteiger charge is -2.36. The number of nitrogens with zero attached hydrogens (tertiary/aromatic N) is 1. The number of nitrogens with two attached hydrogens (primary N) is 1. The second-order valence-electron chi connectivity index (χ2n) is 6.49. The van der Waals surface area contributed by atoms with Crippen molar-refractivity contribution in [2.45, 2.75) is 57.0 Å². The van der Waals surface area contributed by atoms with Crippen molar-refractivity contribution in [1.29, 1.82) is 0 Å². The minimum atomic E-state index is -0.214. The normalized spacial score (nSPS) is 40.7. The van der Waals surface area contributed by atoms with Gasteiger partial charge in [0.15, 0.2) is 5.79 Å². The van der Waals surface area contributed by atoms with Gasteiger partial charge in [-0.15, -0.1) is 0 Å². The maximum atomic E-state index is 6.18. The van der Waals surface area contributed by atoms with Crippen molar-refractivity contribution in [3.05, 3.63) is 0 Å². The summed E-state index contributed by atoms with van der Waals surface area (Å²) in [7, 11) is 0. The number of hydrogen-bond donors (Lipinski definition) is 1. The zero-order valence-electron chi connectivity index (χ0n) is 11.4. The molecular weight excluding hydrogens is 228 g/mol. The van der Waals surface area contributed by atoms with E-state index in [1.54, 1.807) is 0 Å². The Bertz CT molecular complexity index is 282. The second kappa shape index (κ2) is 5.08. The number of likely N-dealkylation sites (tertiary alicyclic amines) is 1. The Balaban J connectivity index is 1.51. The molecule has 1 aliphatic carbocycles. The smallest absolute Gasteiger partial charge is 0.168 e. The summed E-state index contributed by atoms with van der Waals surface area (Å²) in [5.74, 6) is 0.491. The van der Waals surface area contributed by atoms with Crippen molar-refractivity contribution in [1.82, 2.24) is 4.90 Å². The van der Waals surface area contributed by atoms with Gasteiger partial charge < -0.3 is 15.2 Å². The Labute approximate surface area is 110 Å². The van der Waals surface area contributed by atoms with E-state index in [-0.39, 0.29) is 11.9 Å². The summed E-state index contributed by atoms with van der Waals surface area (Å²) in [4.78, 5) is 2.46. The predicted molar refractivity (Wildman–Crippen MR) is 70.2 cm³/mol. The molecule has 2 N–H and O–H groups in total. The second-order valence-corrected chi connectivity index (χ2v) is 6.49. The molecule has 18 heavy (non-hydrogen) atoms. The highest BCUT2D eigenvalue weighted by Gasteiger charge is 2.44. The standard InChI is InChI=1S/C14H26N2O2/c1-11-6-12(15)8-16(7-11)9-13-10-17-14(18-13)4-2-3-5-14/h11-13H,2-10,15H2,1H3. The molecule has 0 aromatic heterocycles. The van der Waals surface area contributed by atoms with Gasteiger partial charge in [0.05, 0.1) is 12.7 Å². The lowest BCUT2D eigenvalue weighted by atomic mass is 9.96. The van der Waals surface area contributed by atoms with Crippen LogP contribution in [0, 0.1) is 5.92 Å². The summed E-state index contributed by atoms with van der Waals surface area (Å²) >= 11 is 0. The van der Waals surface area contributed by atoms with Crippen LogP contribution in [0.3, 0.4) is 0 Å². The van der Waals surface area contributed by atoms with Gasteiger partial charge >= 0.3 is 0 Å². The summed E-state index contributed by atoms with van der Waals surface area (Å²) in [6.45, 7) is 6.20. The van der Waals surface area contributed by atoms with Crippen molar-refractivity contribution in [2.75, 3.05) is 26.2 Å². The van der Waals surface area contributed by atoms with Crippen LogP contribution >= 0.6 is 0 Å². The molecule has 0 radical (unpaired) electrons. The van der Waals surface area contributed by atoms with Crippen molar-refractivity contribution in [3.63, 3.8) is 0 Å². The minimum absolute atomic E-state index is 0.214. The maximum absolute atomic E-state index is 6.18. The molecule has 3 aliphatic rings. The Kier molecular flexibility index (Phi) is 3.63. The quantitative estimate of drug-likeness (QED) is 0.808. The lowest BCUT2D eigenvalue weighted by Crippen LogP contribution is -2.49. The molecule has 3 unspecified atom stereocenters. The molecule has 3 fully saturated rings. The fraction of sp³-hybridized carbons (Fsp3) is 1.00. The SMILES string of the molecule is CC1CC(N)CN(CC2COC3(CCCC3)O2)C1. The number of piperidine rings is 1. The van der Waals surface area contributed by atoms with Gasteiger partial charge in [-0.05, 0) is 25.2 Å². The Morgan fingerprint density at radius 1 is 1.28 bits per heavy atom. The third kappa shape index (κ3) is 2.72. The van der Waals surface area contributed by atoms with Gasteiger partial charge in [0.1, 0.15) is 0 Å². The lowest BCUT2D eigenvalue weighted by molar-refractivity contribution is -0.163. The van der Waals surface area contributed by atoms with E-state index in [1.807, 2.05) is 0 Å². The number of ether oxygens (including phenoxy) is 2. The fourth-order valence-electron chi connectivity index (χ4n) is 3.83. The van der Waals surface area contributed by atoms with Crippen LogP contribution in [0.5, 0.6) is 0 Å². The Morgan fingerprint density at radius 2 is 2.06 bits per heavy atom. The van der Waals surface area contributed by atoms with Crippen LogP contribution in [-0.4, -0.2) is 49.1 Å². The fourth-order valence-corrected chi connectivity index (χ4v) is 3.83. The number of hydrogen-bond acceptors (Lipinski definition) is 4. The average molecular weight is 254 g/mol. The van der Waals surface area contributed by atoms with E-state index in [1.165, 1.54) is 12.8 Å². The molecule has 2 aliphatic heterocycles. The average Bonchev–Trinajstić information content (AvgIpc) is 2.89. The topological polar surface area (TPSA) is 47.7 Å². The Morgan fingerprint density at radius 3 is 2.78 bits per heavy atom. The molecule has 0 amide bonds. The maximum Gasteiger partial charge on any atom is 0.168 e. The van der Waals surface area contributed by atoms with Gasteiger partial charge in [-0.1, -0.05) is 6.92 Å². The van der Waals surface area contributed by atoms with Gasteiger partial charge in [0, 0.05) is 38.5 Å². The van der Waals surface area contributed by atoms with Gasteiger partial charge in [-0.25, -0.2) is 0 Å².